The lowest BCUT2D eigenvalue weighted by molar-refractivity contribution is 0.0610. The summed E-state index contributed by atoms with van der Waals surface area (Å²) in [5.74, 6) is 1.75. The van der Waals surface area contributed by atoms with Crippen molar-refractivity contribution in [2.24, 2.45) is 11.8 Å². The molecule has 0 aliphatic carbocycles. The van der Waals surface area contributed by atoms with Crippen LogP contribution in [0.1, 0.15) is 52.9 Å². The van der Waals surface area contributed by atoms with Crippen molar-refractivity contribution in [2.45, 2.75) is 58.9 Å². The molecule has 0 aromatic heterocycles. The van der Waals surface area contributed by atoms with Crippen LogP contribution in [0.4, 0.5) is 0 Å². The molecule has 16 heavy (non-hydrogen) atoms. The fourth-order valence-corrected chi connectivity index (χ4v) is 2.51. The number of nitrogens with one attached hydrogen (secondary N) is 1. The molecule has 1 N–H and O–H groups in total. The van der Waals surface area contributed by atoms with E-state index in [0.29, 0.717) is 6.04 Å². The molecule has 1 rings (SSSR count). The van der Waals surface area contributed by atoms with Crippen molar-refractivity contribution in [3.05, 3.63) is 0 Å². The molecular formula is C14H29NO. The molecule has 0 bridgehead atoms. The minimum absolute atomic E-state index is 0.670. The van der Waals surface area contributed by atoms with Crippen LogP contribution in [0, 0.1) is 11.8 Å². The van der Waals surface area contributed by atoms with Gasteiger partial charge in [-0.05, 0) is 44.6 Å². The molecule has 1 atom stereocenters. The molecule has 0 saturated carbocycles. The molecule has 0 spiro atoms. The zero-order chi connectivity index (χ0) is 11.8. The van der Waals surface area contributed by atoms with Crippen LogP contribution in [0.5, 0.6) is 0 Å². The Morgan fingerprint density at radius 3 is 2.38 bits per heavy atom. The predicted octanol–water partition coefficient (Wildman–Crippen LogP) is 3.22. The highest BCUT2D eigenvalue weighted by atomic mass is 16.5. The standard InChI is InChI=1S/C14H29NO/c1-4-13(5-2)11-15-12(3)10-14-6-8-16-9-7-14/h12-15H,4-11H2,1-3H3. The Balaban J connectivity index is 2.11. The molecule has 1 aliphatic heterocycles. The lowest BCUT2D eigenvalue weighted by Gasteiger charge is -2.26. The fourth-order valence-electron chi connectivity index (χ4n) is 2.51. The van der Waals surface area contributed by atoms with E-state index in [1.54, 1.807) is 0 Å². The lowest BCUT2D eigenvalue weighted by Crippen LogP contribution is -2.33. The van der Waals surface area contributed by atoms with E-state index >= 15 is 0 Å². The Morgan fingerprint density at radius 1 is 1.19 bits per heavy atom. The third-order valence-electron chi connectivity index (χ3n) is 3.94. The summed E-state index contributed by atoms with van der Waals surface area (Å²) in [6, 6.07) is 0.670. The summed E-state index contributed by atoms with van der Waals surface area (Å²) in [5.41, 5.74) is 0. The second-order valence-corrected chi connectivity index (χ2v) is 5.28. The Bertz CT molecular complexity index is 162. The van der Waals surface area contributed by atoms with E-state index in [1.807, 2.05) is 0 Å². The molecule has 1 fully saturated rings. The third-order valence-corrected chi connectivity index (χ3v) is 3.94. The van der Waals surface area contributed by atoms with Gasteiger partial charge in [0.2, 0.25) is 0 Å². The summed E-state index contributed by atoms with van der Waals surface area (Å²) in [6.45, 7) is 10.1. The van der Waals surface area contributed by atoms with Gasteiger partial charge in [-0.3, -0.25) is 0 Å². The largest absolute Gasteiger partial charge is 0.381 e. The van der Waals surface area contributed by atoms with E-state index < -0.39 is 0 Å². The minimum atomic E-state index is 0.670. The van der Waals surface area contributed by atoms with E-state index in [0.717, 1.165) is 25.0 Å². The summed E-state index contributed by atoms with van der Waals surface area (Å²) in [5, 5.41) is 3.69. The molecule has 1 saturated heterocycles. The van der Waals surface area contributed by atoms with Crippen LogP contribution >= 0.6 is 0 Å². The summed E-state index contributed by atoms with van der Waals surface area (Å²) < 4.78 is 5.39. The quantitative estimate of drug-likeness (QED) is 0.721. The van der Waals surface area contributed by atoms with Gasteiger partial charge >= 0.3 is 0 Å². The number of ether oxygens (including phenoxy) is 1. The van der Waals surface area contributed by atoms with Gasteiger partial charge in [0.1, 0.15) is 0 Å². The molecule has 1 unspecified atom stereocenters. The molecule has 1 aliphatic rings. The lowest BCUT2D eigenvalue weighted by atomic mass is 9.93. The second kappa shape index (κ2) is 8.08. The monoisotopic (exact) mass is 227 g/mol. The highest BCUT2D eigenvalue weighted by Gasteiger charge is 2.16. The van der Waals surface area contributed by atoms with Crippen molar-refractivity contribution in [3.63, 3.8) is 0 Å². The van der Waals surface area contributed by atoms with Crippen LogP contribution in [0.3, 0.4) is 0 Å². The van der Waals surface area contributed by atoms with Gasteiger partial charge in [-0.2, -0.15) is 0 Å². The zero-order valence-electron chi connectivity index (χ0n) is 11.3. The van der Waals surface area contributed by atoms with E-state index in [1.165, 1.54) is 38.6 Å². The third kappa shape index (κ3) is 5.31. The summed E-state index contributed by atoms with van der Waals surface area (Å²) in [4.78, 5) is 0. The molecule has 0 radical (unpaired) electrons. The molecule has 0 amide bonds. The van der Waals surface area contributed by atoms with Gasteiger partial charge in [-0.25, -0.2) is 0 Å². The van der Waals surface area contributed by atoms with Crippen molar-refractivity contribution < 1.29 is 4.74 Å². The van der Waals surface area contributed by atoms with Crippen molar-refractivity contribution in [3.8, 4) is 0 Å². The van der Waals surface area contributed by atoms with Crippen molar-refractivity contribution in [1.82, 2.24) is 5.32 Å². The smallest absolute Gasteiger partial charge is 0.0468 e. The van der Waals surface area contributed by atoms with Gasteiger partial charge in [0.05, 0.1) is 0 Å². The normalized spacial score (nSPS) is 20.2. The van der Waals surface area contributed by atoms with Crippen LogP contribution in [0.25, 0.3) is 0 Å². The summed E-state index contributed by atoms with van der Waals surface area (Å²) >= 11 is 0. The van der Waals surface area contributed by atoms with Crippen LogP contribution in [-0.4, -0.2) is 25.8 Å². The Kier molecular flexibility index (Phi) is 7.06. The van der Waals surface area contributed by atoms with E-state index in [2.05, 4.69) is 26.1 Å². The van der Waals surface area contributed by atoms with Gasteiger partial charge in [-0.15, -0.1) is 0 Å². The molecule has 2 nitrogen and oxygen atoms in total. The van der Waals surface area contributed by atoms with Crippen molar-refractivity contribution in [2.75, 3.05) is 19.8 Å². The Morgan fingerprint density at radius 2 is 1.81 bits per heavy atom. The Hall–Kier alpha value is -0.0800. The number of hydrogen-bond donors (Lipinski definition) is 1. The topological polar surface area (TPSA) is 21.3 Å². The SMILES string of the molecule is CCC(CC)CNC(C)CC1CCOCC1. The highest BCUT2D eigenvalue weighted by Crippen LogP contribution is 2.20. The van der Waals surface area contributed by atoms with Gasteiger partial charge in [-0.1, -0.05) is 26.7 Å². The molecule has 0 aromatic rings. The van der Waals surface area contributed by atoms with E-state index in [-0.39, 0.29) is 0 Å². The molecule has 0 aromatic carbocycles. The first-order valence-corrected chi connectivity index (χ1v) is 7.07. The fraction of sp³-hybridized carbons (Fsp3) is 1.00. The zero-order valence-corrected chi connectivity index (χ0v) is 11.3. The van der Waals surface area contributed by atoms with Crippen molar-refractivity contribution >= 4 is 0 Å². The van der Waals surface area contributed by atoms with Crippen LogP contribution < -0.4 is 5.32 Å². The minimum Gasteiger partial charge on any atom is -0.381 e. The summed E-state index contributed by atoms with van der Waals surface area (Å²) in [7, 11) is 0. The first-order chi connectivity index (χ1) is 7.76. The average Bonchev–Trinajstić information content (AvgIpc) is 2.31. The predicted molar refractivity (Wildman–Crippen MR) is 69.7 cm³/mol. The van der Waals surface area contributed by atoms with Gasteiger partial charge in [0.15, 0.2) is 0 Å². The highest BCUT2D eigenvalue weighted by molar-refractivity contribution is 4.71. The van der Waals surface area contributed by atoms with Crippen LogP contribution in [0.2, 0.25) is 0 Å². The molecule has 1 heterocycles. The van der Waals surface area contributed by atoms with Gasteiger partial charge in [0.25, 0.3) is 0 Å². The van der Waals surface area contributed by atoms with Crippen molar-refractivity contribution in [1.29, 1.82) is 0 Å². The van der Waals surface area contributed by atoms with Gasteiger partial charge < -0.3 is 10.1 Å². The number of hydrogen-bond acceptors (Lipinski definition) is 2. The first kappa shape index (κ1) is 14.0. The number of rotatable bonds is 7. The second-order valence-electron chi connectivity index (χ2n) is 5.28. The average molecular weight is 227 g/mol. The van der Waals surface area contributed by atoms with Crippen LogP contribution in [-0.2, 0) is 4.74 Å². The van der Waals surface area contributed by atoms with E-state index in [4.69, 9.17) is 4.74 Å². The maximum Gasteiger partial charge on any atom is 0.0468 e. The maximum atomic E-state index is 5.39. The molecular weight excluding hydrogens is 198 g/mol. The summed E-state index contributed by atoms with van der Waals surface area (Å²) in [6.07, 6.45) is 6.44. The maximum absolute atomic E-state index is 5.39. The van der Waals surface area contributed by atoms with Crippen LogP contribution in [0.15, 0.2) is 0 Å². The van der Waals surface area contributed by atoms with E-state index in [9.17, 15) is 0 Å². The first-order valence-electron chi connectivity index (χ1n) is 7.07. The molecule has 96 valence electrons. The Labute approximate surface area is 101 Å². The van der Waals surface area contributed by atoms with Gasteiger partial charge in [0, 0.05) is 19.3 Å². The molecule has 2 heteroatoms.